The second-order valence-corrected chi connectivity index (χ2v) is 9.23. The highest BCUT2D eigenvalue weighted by atomic mass is 16.4. The Morgan fingerprint density at radius 1 is 0.806 bits per heavy atom. The zero-order valence-corrected chi connectivity index (χ0v) is 21.1. The van der Waals surface area contributed by atoms with Crippen molar-refractivity contribution in [2.45, 2.75) is 26.4 Å². The van der Waals surface area contributed by atoms with Crippen LogP contribution >= 0.6 is 0 Å². The maximum Gasteiger partial charge on any atom is 0.335 e. The number of nitrogens with zero attached hydrogens (tertiary/aromatic N) is 3. The van der Waals surface area contributed by atoms with Gasteiger partial charge < -0.3 is 10.0 Å². The molecule has 0 bridgehead atoms. The summed E-state index contributed by atoms with van der Waals surface area (Å²) >= 11 is 0. The molecule has 6 heteroatoms. The number of carbonyl (C=O) groups excluding carboxylic acids is 1. The van der Waals surface area contributed by atoms with Crippen LogP contribution in [-0.4, -0.2) is 71.0 Å². The number of piperazine rings is 1. The fourth-order valence-corrected chi connectivity index (χ4v) is 4.98. The highest BCUT2D eigenvalue weighted by Gasteiger charge is 2.27. The van der Waals surface area contributed by atoms with E-state index in [0.717, 1.165) is 43.9 Å². The molecule has 1 aliphatic heterocycles. The summed E-state index contributed by atoms with van der Waals surface area (Å²) in [5.41, 5.74) is 4.28. The first-order chi connectivity index (χ1) is 17.5. The van der Waals surface area contributed by atoms with Crippen LogP contribution in [0.25, 0.3) is 0 Å². The highest BCUT2D eigenvalue weighted by molar-refractivity contribution is 5.94. The average Bonchev–Trinajstić information content (AvgIpc) is 2.91. The number of aromatic carboxylic acids is 1. The number of amides is 1. The van der Waals surface area contributed by atoms with Crippen LogP contribution in [0.1, 0.15) is 57.3 Å². The first kappa shape index (κ1) is 25.6. The van der Waals surface area contributed by atoms with E-state index in [1.807, 2.05) is 61.2 Å². The number of rotatable bonds is 9. The third-order valence-corrected chi connectivity index (χ3v) is 6.99. The number of hydrogen-bond acceptors (Lipinski definition) is 4. The molecule has 0 radical (unpaired) electrons. The second-order valence-electron chi connectivity index (χ2n) is 9.23. The smallest absolute Gasteiger partial charge is 0.335 e. The van der Waals surface area contributed by atoms with Crippen molar-refractivity contribution in [1.29, 1.82) is 0 Å². The average molecular weight is 486 g/mol. The van der Waals surface area contributed by atoms with Crippen LogP contribution in [0.3, 0.4) is 0 Å². The van der Waals surface area contributed by atoms with Gasteiger partial charge in [0.15, 0.2) is 0 Å². The Labute approximate surface area is 213 Å². The van der Waals surface area contributed by atoms with E-state index < -0.39 is 5.97 Å². The number of carboxylic acids is 1. The van der Waals surface area contributed by atoms with Gasteiger partial charge in [-0.2, -0.15) is 0 Å². The van der Waals surface area contributed by atoms with Crippen LogP contribution < -0.4 is 0 Å². The van der Waals surface area contributed by atoms with E-state index in [1.54, 1.807) is 12.1 Å². The van der Waals surface area contributed by atoms with Crippen molar-refractivity contribution in [3.8, 4) is 0 Å². The predicted molar refractivity (Wildman–Crippen MR) is 142 cm³/mol. The van der Waals surface area contributed by atoms with E-state index in [9.17, 15) is 14.7 Å². The first-order valence-electron chi connectivity index (χ1n) is 12.7. The molecule has 1 atom stereocenters. The van der Waals surface area contributed by atoms with Gasteiger partial charge in [-0.05, 0) is 54.8 Å². The summed E-state index contributed by atoms with van der Waals surface area (Å²) in [6, 6.07) is 25.5. The Morgan fingerprint density at radius 3 is 2.08 bits per heavy atom. The van der Waals surface area contributed by atoms with Crippen LogP contribution in [0.4, 0.5) is 0 Å². The van der Waals surface area contributed by atoms with E-state index in [0.29, 0.717) is 18.7 Å². The summed E-state index contributed by atoms with van der Waals surface area (Å²) < 4.78 is 0. The molecular formula is C30H35N3O3. The van der Waals surface area contributed by atoms with Gasteiger partial charge in [-0.15, -0.1) is 0 Å². The van der Waals surface area contributed by atoms with Crippen molar-refractivity contribution in [2.75, 3.05) is 39.3 Å². The van der Waals surface area contributed by atoms with Crippen molar-refractivity contribution in [2.24, 2.45) is 0 Å². The Bertz CT molecular complexity index is 1150. The van der Waals surface area contributed by atoms with Gasteiger partial charge in [0.25, 0.3) is 5.91 Å². The maximum atomic E-state index is 12.8. The molecule has 1 aliphatic rings. The summed E-state index contributed by atoms with van der Waals surface area (Å²) in [6.07, 6.45) is 0. The maximum absolute atomic E-state index is 12.8. The molecule has 4 rings (SSSR count). The Hall–Kier alpha value is -3.48. The summed E-state index contributed by atoms with van der Waals surface area (Å²) in [7, 11) is 0. The number of carboxylic acid groups (broad SMARTS) is 1. The Morgan fingerprint density at radius 2 is 1.47 bits per heavy atom. The van der Waals surface area contributed by atoms with Crippen LogP contribution in [-0.2, 0) is 6.54 Å². The lowest BCUT2D eigenvalue weighted by atomic mass is 9.94. The highest BCUT2D eigenvalue weighted by Crippen LogP contribution is 2.31. The largest absolute Gasteiger partial charge is 0.478 e. The van der Waals surface area contributed by atoms with Gasteiger partial charge >= 0.3 is 5.97 Å². The topological polar surface area (TPSA) is 64.1 Å². The molecule has 0 aromatic heterocycles. The monoisotopic (exact) mass is 485 g/mol. The summed E-state index contributed by atoms with van der Waals surface area (Å²) in [4.78, 5) is 31.2. The number of benzene rings is 3. The SMILES string of the molecule is CCN(CC)C(=O)c1ccc(C(c2cccc(C(=O)O)c2)N2CCN(Cc3ccccc3)CC2)cc1. The molecule has 1 heterocycles. The van der Waals surface area contributed by atoms with Gasteiger partial charge in [-0.3, -0.25) is 14.6 Å². The summed E-state index contributed by atoms with van der Waals surface area (Å²) in [5, 5.41) is 9.58. The van der Waals surface area contributed by atoms with Gasteiger partial charge in [0.1, 0.15) is 0 Å². The Balaban J connectivity index is 1.58. The minimum Gasteiger partial charge on any atom is -0.478 e. The third-order valence-electron chi connectivity index (χ3n) is 6.99. The molecule has 3 aromatic rings. The van der Waals surface area contributed by atoms with Gasteiger partial charge in [-0.25, -0.2) is 4.79 Å². The zero-order chi connectivity index (χ0) is 25.5. The predicted octanol–water partition coefficient (Wildman–Crippen LogP) is 4.77. The summed E-state index contributed by atoms with van der Waals surface area (Å²) in [5.74, 6) is -0.894. The van der Waals surface area contributed by atoms with E-state index in [2.05, 4.69) is 34.1 Å². The fourth-order valence-electron chi connectivity index (χ4n) is 4.98. The molecule has 188 valence electrons. The second kappa shape index (κ2) is 12.0. The number of carbonyl (C=O) groups is 2. The van der Waals surface area contributed by atoms with Gasteiger partial charge in [-0.1, -0.05) is 54.6 Å². The Kier molecular flexibility index (Phi) is 8.52. The van der Waals surface area contributed by atoms with Crippen LogP contribution in [0.5, 0.6) is 0 Å². The molecule has 0 aliphatic carbocycles. The standard InChI is InChI=1S/C30H35N3O3/c1-3-32(4-2)29(34)25-15-13-24(14-16-25)28(26-11-8-12-27(21-26)30(35)36)33-19-17-31(18-20-33)22-23-9-6-5-7-10-23/h5-16,21,28H,3-4,17-20,22H2,1-2H3,(H,35,36). The molecule has 36 heavy (non-hydrogen) atoms. The van der Waals surface area contributed by atoms with Crippen molar-refractivity contribution < 1.29 is 14.7 Å². The molecule has 0 saturated carbocycles. The van der Waals surface area contributed by atoms with E-state index in [1.165, 1.54) is 5.56 Å². The minimum atomic E-state index is -0.927. The van der Waals surface area contributed by atoms with E-state index in [-0.39, 0.29) is 17.5 Å². The van der Waals surface area contributed by atoms with Crippen LogP contribution in [0.15, 0.2) is 78.9 Å². The molecule has 1 N–H and O–H groups in total. The molecule has 1 amide bonds. The minimum absolute atomic E-state index is 0.0329. The lowest BCUT2D eigenvalue weighted by molar-refractivity contribution is 0.0695. The van der Waals surface area contributed by atoms with Gasteiger partial charge in [0.2, 0.25) is 0 Å². The normalized spacial score (nSPS) is 15.4. The molecule has 1 unspecified atom stereocenters. The number of hydrogen-bond donors (Lipinski definition) is 1. The molecule has 6 nitrogen and oxygen atoms in total. The van der Waals surface area contributed by atoms with Crippen molar-refractivity contribution in [3.63, 3.8) is 0 Å². The van der Waals surface area contributed by atoms with E-state index >= 15 is 0 Å². The summed E-state index contributed by atoms with van der Waals surface area (Å²) in [6.45, 7) is 9.85. The molecule has 1 saturated heterocycles. The first-order valence-corrected chi connectivity index (χ1v) is 12.7. The third kappa shape index (κ3) is 6.01. The van der Waals surface area contributed by atoms with Gasteiger partial charge in [0, 0.05) is 51.4 Å². The lowest BCUT2D eigenvalue weighted by Gasteiger charge is -2.40. The van der Waals surface area contributed by atoms with E-state index in [4.69, 9.17) is 0 Å². The zero-order valence-electron chi connectivity index (χ0n) is 21.1. The lowest BCUT2D eigenvalue weighted by Crippen LogP contribution is -2.47. The molecule has 3 aromatic carbocycles. The van der Waals surface area contributed by atoms with Crippen molar-refractivity contribution >= 4 is 11.9 Å². The van der Waals surface area contributed by atoms with Crippen molar-refractivity contribution in [3.05, 3.63) is 107 Å². The fraction of sp³-hybridized carbons (Fsp3) is 0.333. The molecule has 0 spiro atoms. The van der Waals surface area contributed by atoms with Crippen LogP contribution in [0.2, 0.25) is 0 Å². The van der Waals surface area contributed by atoms with Crippen LogP contribution in [0, 0.1) is 0 Å². The van der Waals surface area contributed by atoms with Crippen molar-refractivity contribution in [1.82, 2.24) is 14.7 Å². The molecule has 1 fully saturated rings. The molecular weight excluding hydrogens is 450 g/mol. The quantitative estimate of drug-likeness (QED) is 0.473. The van der Waals surface area contributed by atoms with Gasteiger partial charge in [0.05, 0.1) is 11.6 Å².